The molecule has 0 saturated carbocycles. The van der Waals surface area contributed by atoms with E-state index in [-0.39, 0.29) is 0 Å². The highest BCUT2D eigenvalue weighted by molar-refractivity contribution is 7.91. The zero-order chi connectivity index (χ0) is 15.6. The van der Waals surface area contributed by atoms with Crippen LogP contribution in [0.25, 0.3) is 10.4 Å². The Bertz CT molecular complexity index is 662. The van der Waals surface area contributed by atoms with Gasteiger partial charge in [-0.1, -0.05) is 4.40 Å². The molecule has 6 heteroatoms. The first-order chi connectivity index (χ1) is 9.77. The average Bonchev–Trinajstić information content (AvgIpc) is 2.83. The Morgan fingerprint density at radius 2 is 1.90 bits per heavy atom. The second kappa shape index (κ2) is 6.25. The highest BCUT2D eigenvalue weighted by atomic mass is 32.2. The Morgan fingerprint density at radius 3 is 2.52 bits per heavy atom. The molecule has 1 aromatic heterocycles. The van der Waals surface area contributed by atoms with Gasteiger partial charge in [0, 0.05) is 16.5 Å². The molecule has 1 atom stereocenters. The lowest BCUT2D eigenvalue weighted by Gasteiger charge is -2.17. The largest absolute Gasteiger partial charge is 0.591 e. The molecule has 21 heavy (non-hydrogen) atoms. The lowest BCUT2D eigenvalue weighted by atomic mass is 10.2. The highest BCUT2D eigenvalue weighted by Crippen LogP contribution is 2.30. The maximum atomic E-state index is 13.7. The molecule has 1 heterocycles. The lowest BCUT2D eigenvalue weighted by Crippen LogP contribution is -2.25. The maximum absolute atomic E-state index is 13.7. The number of halogens is 2. The van der Waals surface area contributed by atoms with Crippen LogP contribution in [-0.2, 0) is 11.4 Å². The number of nitrogens with zero attached hydrogens (tertiary/aromatic N) is 1. The zero-order valence-corrected chi connectivity index (χ0v) is 13.5. The molecule has 1 aromatic carbocycles. The summed E-state index contributed by atoms with van der Waals surface area (Å²) in [6.45, 7) is 5.52. The van der Waals surface area contributed by atoms with Crippen molar-refractivity contribution in [3.63, 3.8) is 0 Å². The fourth-order valence-corrected chi connectivity index (χ4v) is 3.01. The van der Waals surface area contributed by atoms with E-state index in [1.807, 2.05) is 20.8 Å². The molecular formula is C15H15F2NOS2. The van der Waals surface area contributed by atoms with Crippen LogP contribution in [0.1, 0.15) is 25.6 Å². The standard InChI is InChI=1S/C15H15F2NOS2/c1-15(2,3)21(19)18-9-11-5-7-14(20-11)12-6-4-10(16)8-13(12)17/h4-9H,1-3H3/b18-9+. The molecule has 0 amide bonds. The van der Waals surface area contributed by atoms with Gasteiger partial charge >= 0.3 is 0 Å². The van der Waals surface area contributed by atoms with E-state index in [4.69, 9.17) is 0 Å². The predicted octanol–water partition coefficient (Wildman–Crippen LogP) is 4.57. The summed E-state index contributed by atoms with van der Waals surface area (Å²) < 4.78 is 42.0. The van der Waals surface area contributed by atoms with E-state index in [9.17, 15) is 13.3 Å². The van der Waals surface area contributed by atoms with Gasteiger partial charge in [-0.15, -0.1) is 11.3 Å². The van der Waals surface area contributed by atoms with Crippen LogP contribution in [0, 0.1) is 11.6 Å². The minimum Gasteiger partial charge on any atom is -0.591 e. The van der Waals surface area contributed by atoms with Crippen molar-refractivity contribution in [2.24, 2.45) is 4.40 Å². The quantitative estimate of drug-likeness (QED) is 0.600. The van der Waals surface area contributed by atoms with E-state index < -0.39 is 27.7 Å². The van der Waals surface area contributed by atoms with E-state index >= 15 is 0 Å². The van der Waals surface area contributed by atoms with Crippen molar-refractivity contribution in [1.82, 2.24) is 0 Å². The Balaban J connectivity index is 2.20. The van der Waals surface area contributed by atoms with Crippen molar-refractivity contribution in [3.05, 3.63) is 46.8 Å². The molecule has 0 saturated heterocycles. The molecule has 0 N–H and O–H groups in total. The molecule has 0 bridgehead atoms. The van der Waals surface area contributed by atoms with Crippen LogP contribution >= 0.6 is 11.3 Å². The smallest absolute Gasteiger partial charge is 0.144 e. The van der Waals surface area contributed by atoms with Gasteiger partial charge in [-0.05, 0) is 45.0 Å². The second-order valence-corrected chi connectivity index (χ2v) is 8.47. The molecule has 0 spiro atoms. The second-order valence-electron chi connectivity index (χ2n) is 5.42. The highest BCUT2D eigenvalue weighted by Gasteiger charge is 2.25. The van der Waals surface area contributed by atoms with Crippen molar-refractivity contribution in [3.8, 4) is 10.4 Å². The van der Waals surface area contributed by atoms with Gasteiger partial charge in [0.25, 0.3) is 0 Å². The van der Waals surface area contributed by atoms with E-state index in [1.54, 1.807) is 12.1 Å². The molecule has 0 aliphatic rings. The topological polar surface area (TPSA) is 35.4 Å². The molecule has 2 aromatic rings. The fraction of sp³-hybridized carbons (Fsp3) is 0.267. The molecule has 112 valence electrons. The number of benzene rings is 1. The molecule has 0 radical (unpaired) electrons. The Labute approximate surface area is 129 Å². The first kappa shape index (κ1) is 16.1. The van der Waals surface area contributed by atoms with Gasteiger partial charge in [0.05, 0.1) is 11.1 Å². The summed E-state index contributed by atoms with van der Waals surface area (Å²) in [6, 6.07) is 7.00. The molecule has 0 aliphatic heterocycles. The zero-order valence-electron chi connectivity index (χ0n) is 11.9. The SMILES string of the molecule is CC(C)(C)[S+]([O-])/N=C/c1ccc(-c2ccc(F)cc2F)s1. The van der Waals surface area contributed by atoms with Crippen molar-refractivity contribution in [1.29, 1.82) is 0 Å². The molecule has 0 aliphatic carbocycles. The minimum atomic E-state index is -1.33. The lowest BCUT2D eigenvalue weighted by molar-refractivity contribution is 0.562. The number of thiophene rings is 1. The van der Waals surface area contributed by atoms with Gasteiger partial charge in [0.1, 0.15) is 27.7 Å². The molecule has 0 fully saturated rings. The summed E-state index contributed by atoms with van der Waals surface area (Å²) in [5.41, 5.74) is 0.345. The van der Waals surface area contributed by atoms with Crippen molar-refractivity contribution in [2.75, 3.05) is 0 Å². The molecule has 2 nitrogen and oxygen atoms in total. The number of rotatable bonds is 3. The van der Waals surface area contributed by atoms with Gasteiger partial charge in [-0.25, -0.2) is 8.78 Å². The monoisotopic (exact) mass is 327 g/mol. The van der Waals surface area contributed by atoms with Crippen LogP contribution in [0.4, 0.5) is 8.78 Å². The summed E-state index contributed by atoms with van der Waals surface area (Å²) in [7, 11) is 0. The van der Waals surface area contributed by atoms with Crippen LogP contribution in [-0.4, -0.2) is 15.5 Å². The van der Waals surface area contributed by atoms with Crippen LogP contribution in [0.5, 0.6) is 0 Å². The summed E-state index contributed by atoms with van der Waals surface area (Å²) in [5, 5.41) is 0. The van der Waals surface area contributed by atoms with E-state index in [2.05, 4.69) is 4.40 Å². The third kappa shape index (κ3) is 4.12. The third-order valence-electron chi connectivity index (χ3n) is 2.62. The minimum absolute atomic E-state index is 0.345. The van der Waals surface area contributed by atoms with Crippen molar-refractivity contribution < 1.29 is 13.3 Å². The predicted molar refractivity (Wildman–Crippen MR) is 85.2 cm³/mol. The Morgan fingerprint density at radius 1 is 1.19 bits per heavy atom. The van der Waals surface area contributed by atoms with E-state index in [0.29, 0.717) is 10.4 Å². The van der Waals surface area contributed by atoms with Gasteiger partial charge in [0.2, 0.25) is 0 Å². The van der Waals surface area contributed by atoms with Crippen molar-refractivity contribution >= 4 is 28.9 Å². The number of hydrogen-bond acceptors (Lipinski definition) is 3. The van der Waals surface area contributed by atoms with Gasteiger partial charge in [-0.2, -0.15) is 0 Å². The Hall–Kier alpha value is -1.24. The Kier molecular flexibility index (Phi) is 4.81. The van der Waals surface area contributed by atoms with Crippen molar-refractivity contribution in [2.45, 2.75) is 25.5 Å². The van der Waals surface area contributed by atoms with E-state index in [0.717, 1.165) is 10.9 Å². The van der Waals surface area contributed by atoms with Gasteiger partial charge < -0.3 is 4.55 Å². The molecule has 1 unspecified atom stereocenters. The molecule has 2 rings (SSSR count). The normalized spacial score (nSPS) is 13.8. The van der Waals surface area contributed by atoms with Gasteiger partial charge in [-0.3, -0.25) is 0 Å². The average molecular weight is 327 g/mol. The fourth-order valence-electron chi connectivity index (χ4n) is 1.51. The molecular weight excluding hydrogens is 312 g/mol. The summed E-state index contributed by atoms with van der Waals surface area (Å²) in [6.07, 6.45) is 1.52. The van der Waals surface area contributed by atoms with Crippen LogP contribution in [0.2, 0.25) is 0 Å². The van der Waals surface area contributed by atoms with Crippen LogP contribution in [0.15, 0.2) is 34.7 Å². The third-order valence-corrected chi connectivity index (χ3v) is 5.02. The first-order valence-electron chi connectivity index (χ1n) is 6.29. The number of hydrogen-bond donors (Lipinski definition) is 0. The first-order valence-corrected chi connectivity index (χ1v) is 8.21. The summed E-state index contributed by atoms with van der Waals surface area (Å²) in [5.74, 6) is -1.20. The summed E-state index contributed by atoms with van der Waals surface area (Å²) >= 11 is -0.0157. The van der Waals surface area contributed by atoms with Crippen LogP contribution < -0.4 is 0 Å². The van der Waals surface area contributed by atoms with Gasteiger partial charge in [0.15, 0.2) is 0 Å². The summed E-state index contributed by atoms with van der Waals surface area (Å²) in [4.78, 5) is 1.45. The van der Waals surface area contributed by atoms with Crippen LogP contribution in [0.3, 0.4) is 0 Å². The van der Waals surface area contributed by atoms with E-state index in [1.165, 1.54) is 29.7 Å². The maximum Gasteiger partial charge on any atom is 0.144 e.